The van der Waals surface area contributed by atoms with Gasteiger partial charge < -0.3 is 0 Å². The molecular weight excluding hydrogens is 246 g/mol. The van der Waals surface area contributed by atoms with E-state index in [9.17, 15) is 4.79 Å². The maximum Gasteiger partial charge on any atom is 0.166 e. The summed E-state index contributed by atoms with van der Waals surface area (Å²) in [6, 6.07) is 18.2. The minimum atomic E-state index is 0.162. The number of piperidine rings is 1. The average molecular weight is 264 g/mol. The van der Waals surface area contributed by atoms with E-state index < -0.39 is 0 Å². The summed E-state index contributed by atoms with van der Waals surface area (Å²) in [6.07, 6.45) is 1.80. The summed E-state index contributed by atoms with van der Waals surface area (Å²) < 4.78 is 0. The van der Waals surface area contributed by atoms with E-state index in [4.69, 9.17) is 0 Å². The Bertz CT molecular complexity index is 568. The molecule has 0 spiro atoms. The fourth-order valence-electron chi connectivity index (χ4n) is 2.71. The van der Waals surface area contributed by atoms with Crippen molar-refractivity contribution in [3.05, 3.63) is 60.2 Å². The summed E-state index contributed by atoms with van der Waals surface area (Å²) in [5.74, 6) is 0.439. The molecule has 1 aliphatic heterocycles. The van der Waals surface area contributed by atoms with Gasteiger partial charge in [0, 0.05) is 24.6 Å². The summed E-state index contributed by atoms with van der Waals surface area (Å²) >= 11 is 0. The van der Waals surface area contributed by atoms with Gasteiger partial charge in [0.1, 0.15) is 0 Å². The Morgan fingerprint density at radius 3 is 2.10 bits per heavy atom. The van der Waals surface area contributed by atoms with Crippen LogP contribution in [0.15, 0.2) is 54.6 Å². The summed E-state index contributed by atoms with van der Waals surface area (Å²) in [4.78, 5) is 12.4. The highest BCUT2D eigenvalue weighted by Gasteiger charge is 2.22. The van der Waals surface area contributed by atoms with Crippen molar-refractivity contribution in [2.24, 2.45) is 5.92 Å². The first-order chi connectivity index (χ1) is 9.84. The van der Waals surface area contributed by atoms with Gasteiger partial charge in [0.15, 0.2) is 5.78 Å². The van der Waals surface area contributed by atoms with E-state index in [0.29, 0.717) is 0 Å². The second-order valence-corrected chi connectivity index (χ2v) is 5.25. The van der Waals surface area contributed by atoms with Crippen molar-refractivity contribution in [2.75, 3.05) is 13.1 Å². The number of Topliss-reactive ketones (excluding diaryl/α,β-unsaturated/α-hetero) is 1. The van der Waals surface area contributed by atoms with Gasteiger partial charge in [-0.25, -0.2) is 5.32 Å². The van der Waals surface area contributed by atoms with Gasteiger partial charge in [-0.2, -0.15) is 0 Å². The molecule has 0 N–H and O–H groups in total. The lowest BCUT2D eigenvalue weighted by molar-refractivity contribution is 0.0894. The highest BCUT2D eigenvalue weighted by molar-refractivity contribution is 5.98. The molecular formula is C18H18NO. The van der Waals surface area contributed by atoms with E-state index in [2.05, 4.69) is 17.4 Å². The van der Waals surface area contributed by atoms with E-state index in [1.54, 1.807) is 0 Å². The number of carbonyl (C=O) groups excluding carboxylic acids is 1. The molecule has 0 aromatic heterocycles. The first-order valence-corrected chi connectivity index (χ1v) is 7.17. The molecule has 0 amide bonds. The number of hydrogen-bond donors (Lipinski definition) is 0. The van der Waals surface area contributed by atoms with Crippen molar-refractivity contribution in [1.82, 2.24) is 5.32 Å². The van der Waals surface area contributed by atoms with Crippen molar-refractivity contribution < 1.29 is 4.79 Å². The van der Waals surface area contributed by atoms with E-state index in [1.807, 2.05) is 42.5 Å². The lowest BCUT2D eigenvalue weighted by Gasteiger charge is -2.20. The van der Waals surface area contributed by atoms with Crippen LogP contribution in [-0.2, 0) is 0 Å². The number of rotatable bonds is 3. The van der Waals surface area contributed by atoms with Crippen molar-refractivity contribution in [3.63, 3.8) is 0 Å². The van der Waals surface area contributed by atoms with Gasteiger partial charge in [0.05, 0.1) is 0 Å². The van der Waals surface area contributed by atoms with Crippen molar-refractivity contribution in [3.8, 4) is 11.1 Å². The molecule has 1 radical (unpaired) electrons. The van der Waals surface area contributed by atoms with E-state index in [0.717, 1.165) is 37.1 Å². The summed E-state index contributed by atoms with van der Waals surface area (Å²) in [7, 11) is 0. The molecule has 101 valence electrons. The van der Waals surface area contributed by atoms with E-state index in [-0.39, 0.29) is 11.7 Å². The molecule has 2 aromatic rings. The monoisotopic (exact) mass is 264 g/mol. The lowest BCUT2D eigenvalue weighted by Crippen LogP contribution is -2.27. The second kappa shape index (κ2) is 6.02. The minimum Gasteiger partial charge on any atom is -0.294 e. The predicted molar refractivity (Wildman–Crippen MR) is 80.8 cm³/mol. The lowest BCUT2D eigenvalue weighted by atomic mass is 9.89. The Labute approximate surface area is 119 Å². The van der Waals surface area contributed by atoms with Crippen molar-refractivity contribution in [2.45, 2.75) is 12.8 Å². The Morgan fingerprint density at radius 1 is 0.850 bits per heavy atom. The summed E-state index contributed by atoms with van der Waals surface area (Å²) in [5, 5.41) is 4.30. The van der Waals surface area contributed by atoms with Crippen LogP contribution < -0.4 is 5.32 Å². The average Bonchev–Trinajstić information content (AvgIpc) is 2.56. The van der Waals surface area contributed by atoms with Crippen molar-refractivity contribution >= 4 is 5.78 Å². The number of ketones is 1. The number of nitrogens with zero attached hydrogens (tertiary/aromatic N) is 1. The number of benzene rings is 2. The largest absolute Gasteiger partial charge is 0.294 e. The number of carbonyl (C=O) groups is 1. The quantitative estimate of drug-likeness (QED) is 0.780. The molecule has 2 heteroatoms. The standard InChI is InChI=1S/C18H18NO/c20-18(17-10-12-19-13-11-17)16-8-6-15(7-9-16)14-4-2-1-3-5-14/h1-9,17H,10-13H2. The van der Waals surface area contributed by atoms with Gasteiger partial charge in [-0.05, 0) is 24.0 Å². The normalized spacial score (nSPS) is 16.0. The minimum absolute atomic E-state index is 0.162. The highest BCUT2D eigenvalue weighted by Crippen LogP contribution is 2.22. The zero-order valence-electron chi connectivity index (χ0n) is 11.5. The molecule has 20 heavy (non-hydrogen) atoms. The number of hydrogen-bond acceptors (Lipinski definition) is 1. The zero-order valence-corrected chi connectivity index (χ0v) is 11.5. The summed E-state index contributed by atoms with van der Waals surface area (Å²) in [5.41, 5.74) is 3.17. The van der Waals surface area contributed by atoms with Crippen LogP contribution in [0.3, 0.4) is 0 Å². The van der Waals surface area contributed by atoms with E-state index >= 15 is 0 Å². The maximum atomic E-state index is 12.4. The van der Waals surface area contributed by atoms with Crippen LogP contribution in [0.5, 0.6) is 0 Å². The molecule has 1 fully saturated rings. The maximum absolute atomic E-state index is 12.4. The van der Waals surface area contributed by atoms with Crippen LogP contribution in [0, 0.1) is 5.92 Å². The van der Waals surface area contributed by atoms with Gasteiger partial charge in [0.25, 0.3) is 0 Å². The third-order valence-corrected chi connectivity index (χ3v) is 3.92. The Balaban J connectivity index is 1.77. The van der Waals surface area contributed by atoms with Crippen LogP contribution in [0.4, 0.5) is 0 Å². The van der Waals surface area contributed by atoms with Crippen molar-refractivity contribution in [1.29, 1.82) is 0 Å². The van der Waals surface area contributed by atoms with Crippen LogP contribution >= 0.6 is 0 Å². The molecule has 0 unspecified atom stereocenters. The van der Waals surface area contributed by atoms with Crippen LogP contribution in [0.2, 0.25) is 0 Å². The van der Waals surface area contributed by atoms with Gasteiger partial charge in [-0.3, -0.25) is 4.79 Å². The van der Waals surface area contributed by atoms with Crippen LogP contribution in [0.25, 0.3) is 11.1 Å². The van der Waals surface area contributed by atoms with E-state index in [1.165, 1.54) is 5.56 Å². The molecule has 3 rings (SSSR count). The van der Waals surface area contributed by atoms with Crippen LogP contribution in [-0.4, -0.2) is 18.9 Å². The topological polar surface area (TPSA) is 31.2 Å². The molecule has 1 aliphatic rings. The second-order valence-electron chi connectivity index (χ2n) is 5.25. The molecule has 1 heterocycles. The Hall–Kier alpha value is -1.93. The van der Waals surface area contributed by atoms with Gasteiger partial charge >= 0.3 is 0 Å². The zero-order chi connectivity index (χ0) is 13.8. The fourth-order valence-corrected chi connectivity index (χ4v) is 2.71. The molecule has 1 saturated heterocycles. The van der Waals surface area contributed by atoms with Gasteiger partial charge in [0.2, 0.25) is 0 Å². The fraction of sp³-hybridized carbons (Fsp3) is 0.278. The third kappa shape index (κ3) is 2.81. The first kappa shape index (κ1) is 13.1. The molecule has 0 bridgehead atoms. The molecule has 0 saturated carbocycles. The van der Waals surface area contributed by atoms with Gasteiger partial charge in [-0.1, -0.05) is 54.6 Å². The van der Waals surface area contributed by atoms with Crippen LogP contribution in [0.1, 0.15) is 23.2 Å². The first-order valence-electron chi connectivity index (χ1n) is 7.17. The highest BCUT2D eigenvalue weighted by atomic mass is 16.1. The smallest absolute Gasteiger partial charge is 0.166 e. The Morgan fingerprint density at radius 2 is 1.45 bits per heavy atom. The van der Waals surface area contributed by atoms with Gasteiger partial charge in [-0.15, -0.1) is 0 Å². The SMILES string of the molecule is O=C(c1ccc(-c2ccccc2)cc1)C1CC[N]CC1. The Kier molecular flexibility index (Phi) is 3.93. The summed E-state index contributed by atoms with van der Waals surface area (Å²) in [6.45, 7) is 1.66. The molecule has 0 aliphatic carbocycles. The molecule has 2 aromatic carbocycles. The predicted octanol–water partition coefficient (Wildman–Crippen LogP) is 3.55. The molecule has 0 atom stereocenters. The third-order valence-electron chi connectivity index (χ3n) is 3.92. The molecule has 2 nitrogen and oxygen atoms in total.